The van der Waals surface area contributed by atoms with Crippen LogP contribution in [0.15, 0.2) is 22.8 Å². The van der Waals surface area contributed by atoms with Crippen molar-refractivity contribution in [2.24, 2.45) is 5.41 Å². The molecule has 1 rings (SSSR count). The molecule has 0 N–H and O–H groups in total. The highest BCUT2D eigenvalue weighted by molar-refractivity contribution is 6.30. The number of halogens is 1. The Balaban J connectivity index is 2.66. The number of hydrogen-bond donors (Lipinski definition) is 0. The van der Waals surface area contributed by atoms with E-state index < -0.39 is 0 Å². The van der Waals surface area contributed by atoms with Gasteiger partial charge in [0.1, 0.15) is 0 Å². The van der Waals surface area contributed by atoms with Crippen molar-refractivity contribution in [2.45, 2.75) is 40.0 Å². The third kappa shape index (κ3) is 2.38. The van der Waals surface area contributed by atoms with E-state index in [0.29, 0.717) is 5.41 Å². The summed E-state index contributed by atoms with van der Waals surface area (Å²) in [5.74, 6) is 0. The van der Waals surface area contributed by atoms with Crippen molar-refractivity contribution in [2.75, 3.05) is 0 Å². The van der Waals surface area contributed by atoms with Crippen molar-refractivity contribution in [3.05, 3.63) is 22.8 Å². The predicted molar refractivity (Wildman–Crippen MR) is 55.3 cm³/mol. The Morgan fingerprint density at radius 3 is 2.50 bits per heavy atom. The molecule has 0 bridgehead atoms. The molecule has 0 radical (unpaired) electrons. The summed E-state index contributed by atoms with van der Waals surface area (Å²) in [5, 5.41) is 1.06. The Kier molecular flexibility index (Phi) is 3.00. The second kappa shape index (κ2) is 3.66. The molecule has 0 saturated heterocycles. The van der Waals surface area contributed by atoms with Gasteiger partial charge in [-0.25, -0.2) is 0 Å². The Hall–Kier alpha value is -0.230. The van der Waals surface area contributed by atoms with E-state index in [0.717, 1.165) is 24.3 Å². The first-order valence-corrected chi connectivity index (χ1v) is 4.97. The lowest BCUT2D eigenvalue weighted by atomic mass is 9.89. The number of rotatable bonds is 2. The van der Waals surface area contributed by atoms with Gasteiger partial charge in [-0.3, -0.25) is 0 Å². The fourth-order valence-electron chi connectivity index (χ4n) is 1.62. The van der Waals surface area contributed by atoms with Gasteiger partial charge < -0.3 is 0 Å². The van der Waals surface area contributed by atoms with Crippen LogP contribution >= 0.6 is 11.6 Å². The molecule has 0 nitrogen and oxygen atoms in total. The van der Waals surface area contributed by atoms with Crippen LogP contribution in [-0.4, -0.2) is 0 Å². The minimum absolute atomic E-state index is 0.379. The monoisotopic (exact) mass is 184 g/mol. The van der Waals surface area contributed by atoms with Crippen LogP contribution in [-0.2, 0) is 0 Å². The lowest BCUT2D eigenvalue weighted by molar-refractivity contribution is 0.394. The van der Waals surface area contributed by atoms with E-state index in [2.05, 4.69) is 32.9 Å². The Bertz CT molecular complexity index is 221. The highest BCUT2D eigenvalue weighted by atomic mass is 35.5. The number of hydrogen-bond acceptors (Lipinski definition) is 0. The second-order valence-corrected chi connectivity index (χ2v) is 4.71. The molecule has 0 heterocycles. The minimum atomic E-state index is 0.379. The zero-order valence-electron chi connectivity index (χ0n) is 8.15. The van der Waals surface area contributed by atoms with E-state index in [-0.39, 0.29) is 0 Å². The van der Waals surface area contributed by atoms with Crippen LogP contribution < -0.4 is 0 Å². The van der Waals surface area contributed by atoms with Gasteiger partial charge in [-0.05, 0) is 30.3 Å². The molecule has 12 heavy (non-hydrogen) atoms. The fourth-order valence-corrected chi connectivity index (χ4v) is 2.11. The fraction of sp³-hybridized carbons (Fsp3) is 0.636. The van der Waals surface area contributed by atoms with Crippen LogP contribution in [0.2, 0.25) is 0 Å². The van der Waals surface area contributed by atoms with Gasteiger partial charge in [-0.2, -0.15) is 0 Å². The van der Waals surface area contributed by atoms with Crippen LogP contribution in [0.4, 0.5) is 0 Å². The van der Waals surface area contributed by atoms with Gasteiger partial charge in [-0.1, -0.05) is 44.5 Å². The maximum absolute atomic E-state index is 6.13. The van der Waals surface area contributed by atoms with E-state index in [1.807, 2.05) is 0 Å². The van der Waals surface area contributed by atoms with E-state index in [1.54, 1.807) is 0 Å². The zero-order valence-corrected chi connectivity index (χ0v) is 8.91. The van der Waals surface area contributed by atoms with Crippen LogP contribution in [0.3, 0.4) is 0 Å². The molecule has 0 unspecified atom stereocenters. The molecule has 0 spiro atoms. The minimum Gasteiger partial charge on any atom is -0.0888 e. The molecule has 1 aliphatic rings. The van der Waals surface area contributed by atoms with Crippen molar-refractivity contribution in [1.82, 2.24) is 0 Å². The van der Waals surface area contributed by atoms with Gasteiger partial charge >= 0.3 is 0 Å². The summed E-state index contributed by atoms with van der Waals surface area (Å²) in [6, 6.07) is 0. The summed E-state index contributed by atoms with van der Waals surface area (Å²) in [4.78, 5) is 0. The third-order valence-corrected chi connectivity index (χ3v) is 2.58. The zero-order chi connectivity index (χ0) is 9.19. The third-order valence-electron chi connectivity index (χ3n) is 2.21. The Labute approximate surface area is 80.3 Å². The predicted octanol–water partition coefficient (Wildman–Crippen LogP) is 4.27. The van der Waals surface area contributed by atoms with Crippen LogP contribution in [0.1, 0.15) is 40.0 Å². The molecule has 1 heteroatoms. The van der Waals surface area contributed by atoms with E-state index in [9.17, 15) is 0 Å². The van der Waals surface area contributed by atoms with E-state index in [1.165, 1.54) is 5.57 Å². The topological polar surface area (TPSA) is 0 Å². The van der Waals surface area contributed by atoms with Crippen LogP contribution in [0.25, 0.3) is 0 Å². The average Bonchev–Trinajstić information content (AvgIpc) is 2.20. The van der Waals surface area contributed by atoms with Gasteiger partial charge in [0, 0.05) is 5.03 Å². The first-order valence-electron chi connectivity index (χ1n) is 4.59. The van der Waals surface area contributed by atoms with Crippen molar-refractivity contribution >= 4 is 11.6 Å². The SMILES string of the molecule is CC/C=C/C1=C(Cl)CC(C)(C)C1. The van der Waals surface area contributed by atoms with Gasteiger partial charge in [0.25, 0.3) is 0 Å². The maximum atomic E-state index is 6.13. The molecule has 0 atom stereocenters. The molecule has 0 aliphatic heterocycles. The summed E-state index contributed by atoms with van der Waals surface area (Å²) in [6.07, 6.45) is 7.62. The van der Waals surface area contributed by atoms with Crippen molar-refractivity contribution < 1.29 is 0 Å². The molecule has 0 aromatic rings. The van der Waals surface area contributed by atoms with Gasteiger partial charge in [0.05, 0.1) is 0 Å². The summed E-state index contributed by atoms with van der Waals surface area (Å²) >= 11 is 6.13. The average molecular weight is 185 g/mol. The Morgan fingerprint density at radius 1 is 1.42 bits per heavy atom. The lowest BCUT2D eigenvalue weighted by Crippen LogP contribution is -2.04. The molecule has 0 aromatic carbocycles. The van der Waals surface area contributed by atoms with Crippen LogP contribution in [0, 0.1) is 5.41 Å². The highest BCUT2D eigenvalue weighted by Crippen LogP contribution is 2.43. The summed E-state index contributed by atoms with van der Waals surface area (Å²) < 4.78 is 0. The second-order valence-electron chi connectivity index (χ2n) is 4.26. The van der Waals surface area contributed by atoms with E-state index >= 15 is 0 Å². The van der Waals surface area contributed by atoms with Crippen molar-refractivity contribution in [3.8, 4) is 0 Å². The van der Waals surface area contributed by atoms with Gasteiger partial charge in [-0.15, -0.1) is 0 Å². The molecule has 0 saturated carbocycles. The van der Waals surface area contributed by atoms with Gasteiger partial charge in [0.15, 0.2) is 0 Å². The molecule has 68 valence electrons. The summed E-state index contributed by atoms with van der Waals surface area (Å²) in [6.45, 7) is 6.68. The molecule has 0 aromatic heterocycles. The maximum Gasteiger partial charge on any atom is 0.0218 e. The van der Waals surface area contributed by atoms with Crippen molar-refractivity contribution in [3.63, 3.8) is 0 Å². The molecule has 1 aliphatic carbocycles. The van der Waals surface area contributed by atoms with Crippen molar-refractivity contribution in [1.29, 1.82) is 0 Å². The summed E-state index contributed by atoms with van der Waals surface area (Å²) in [7, 11) is 0. The standard InChI is InChI=1S/C11H17Cl/c1-4-5-6-9-7-11(2,3)8-10(9)12/h5-6H,4,7-8H2,1-3H3/b6-5+. The first kappa shape index (κ1) is 9.85. The highest BCUT2D eigenvalue weighted by Gasteiger charge is 2.28. The normalized spacial score (nSPS) is 22.7. The van der Waals surface area contributed by atoms with E-state index in [4.69, 9.17) is 11.6 Å². The lowest BCUT2D eigenvalue weighted by Gasteiger charge is -2.15. The quantitative estimate of drug-likeness (QED) is 0.602. The molecule has 0 amide bonds. The molecular formula is C11H17Cl. The number of allylic oxidation sites excluding steroid dienone is 4. The Morgan fingerprint density at radius 2 is 2.08 bits per heavy atom. The summed E-state index contributed by atoms with van der Waals surface area (Å²) in [5.41, 5.74) is 1.72. The molecular weight excluding hydrogens is 168 g/mol. The smallest absolute Gasteiger partial charge is 0.0218 e. The van der Waals surface area contributed by atoms with Crippen LogP contribution in [0.5, 0.6) is 0 Å². The van der Waals surface area contributed by atoms with Gasteiger partial charge in [0.2, 0.25) is 0 Å². The largest absolute Gasteiger partial charge is 0.0888 e. The molecule has 0 fully saturated rings. The first-order chi connectivity index (χ1) is 5.55.